The largest absolute Gasteiger partial charge is 0.493 e. The summed E-state index contributed by atoms with van der Waals surface area (Å²) in [7, 11) is 0. The van der Waals surface area contributed by atoms with E-state index in [0.717, 1.165) is 16.9 Å². The number of ether oxygens (including phenoxy) is 1. The summed E-state index contributed by atoms with van der Waals surface area (Å²) in [4.78, 5) is 17.7. The first-order chi connectivity index (χ1) is 13.2. The van der Waals surface area contributed by atoms with Gasteiger partial charge in [-0.05, 0) is 30.7 Å². The Balaban J connectivity index is 1.69. The van der Waals surface area contributed by atoms with Crippen molar-refractivity contribution < 1.29 is 4.74 Å². The fourth-order valence-corrected chi connectivity index (χ4v) is 3.59. The van der Waals surface area contributed by atoms with Crippen molar-refractivity contribution in [3.8, 4) is 5.75 Å². The third kappa shape index (κ3) is 3.66. The van der Waals surface area contributed by atoms with Gasteiger partial charge in [0.05, 0.1) is 11.1 Å². The zero-order valence-corrected chi connectivity index (χ0v) is 15.5. The Kier molecular flexibility index (Phi) is 4.80. The molecule has 0 spiro atoms. The minimum atomic E-state index is -0.173. The summed E-state index contributed by atoms with van der Waals surface area (Å²) in [5.74, 6) is 1.27. The maximum absolute atomic E-state index is 12.7. The second-order valence-corrected chi connectivity index (χ2v) is 6.80. The van der Waals surface area contributed by atoms with Gasteiger partial charge in [-0.15, -0.1) is 5.10 Å². The van der Waals surface area contributed by atoms with Crippen LogP contribution in [-0.2, 0) is 0 Å². The van der Waals surface area contributed by atoms with Gasteiger partial charge in [0.2, 0.25) is 4.96 Å². The van der Waals surface area contributed by atoms with Crippen molar-refractivity contribution in [2.24, 2.45) is 0 Å². The standard InChI is InChI=1S/C21H17N3O2S/c1-2-26-17-11-7-6-10-16(17)14-18-20(25)24-21(27-18)22-19(23-24)13-12-15-8-4-3-5-9-15/h3-14H,2H2,1H3/b13-12+,18-14+. The molecule has 0 aliphatic carbocycles. The van der Waals surface area contributed by atoms with Gasteiger partial charge in [-0.2, -0.15) is 9.50 Å². The summed E-state index contributed by atoms with van der Waals surface area (Å²) < 4.78 is 7.55. The van der Waals surface area contributed by atoms with Gasteiger partial charge < -0.3 is 4.74 Å². The maximum Gasteiger partial charge on any atom is 0.291 e. The Bertz CT molecular complexity index is 1210. The Morgan fingerprint density at radius 3 is 2.63 bits per heavy atom. The summed E-state index contributed by atoms with van der Waals surface area (Å²) in [6.07, 6.45) is 5.56. The molecule has 0 aliphatic rings. The van der Waals surface area contributed by atoms with Gasteiger partial charge in [0.15, 0.2) is 5.82 Å². The average Bonchev–Trinajstić information content (AvgIpc) is 3.22. The van der Waals surface area contributed by atoms with Crippen LogP contribution < -0.4 is 14.8 Å². The van der Waals surface area contributed by atoms with E-state index in [9.17, 15) is 4.79 Å². The maximum atomic E-state index is 12.7. The average molecular weight is 375 g/mol. The van der Waals surface area contributed by atoms with Crippen LogP contribution >= 0.6 is 11.3 Å². The van der Waals surface area contributed by atoms with E-state index in [2.05, 4.69) is 10.1 Å². The molecule has 0 radical (unpaired) electrons. The number of nitrogens with zero attached hydrogens (tertiary/aromatic N) is 3. The number of hydrogen-bond donors (Lipinski definition) is 0. The molecule has 0 aliphatic heterocycles. The minimum absolute atomic E-state index is 0.173. The number of aromatic nitrogens is 3. The van der Waals surface area contributed by atoms with Crippen molar-refractivity contribution in [1.29, 1.82) is 0 Å². The second kappa shape index (κ2) is 7.55. The minimum Gasteiger partial charge on any atom is -0.493 e. The second-order valence-electron chi connectivity index (χ2n) is 5.80. The van der Waals surface area contributed by atoms with Gasteiger partial charge in [0, 0.05) is 5.56 Å². The van der Waals surface area contributed by atoms with Crippen LogP contribution in [0.3, 0.4) is 0 Å². The molecule has 0 saturated carbocycles. The highest BCUT2D eigenvalue weighted by Crippen LogP contribution is 2.18. The van der Waals surface area contributed by atoms with Crippen LogP contribution in [0.15, 0.2) is 59.4 Å². The molecule has 27 heavy (non-hydrogen) atoms. The van der Waals surface area contributed by atoms with Gasteiger partial charge in [-0.25, -0.2) is 0 Å². The number of hydrogen-bond acceptors (Lipinski definition) is 5. The van der Waals surface area contributed by atoms with E-state index in [1.807, 2.05) is 79.7 Å². The number of benzene rings is 2. The van der Waals surface area contributed by atoms with Crippen LogP contribution in [0.5, 0.6) is 5.75 Å². The van der Waals surface area contributed by atoms with Crippen LogP contribution in [0.25, 0.3) is 23.2 Å². The van der Waals surface area contributed by atoms with Crippen LogP contribution in [0.2, 0.25) is 0 Å². The molecule has 2 heterocycles. The lowest BCUT2D eigenvalue weighted by atomic mass is 10.2. The summed E-state index contributed by atoms with van der Waals surface area (Å²) in [5, 5.41) is 4.31. The Morgan fingerprint density at radius 1 is 1.07 bits per heavy atom. The quantitative estimate of drug-likeness (QED) is 0.537. The van der Waals surface area contributed by atoms with E-state index in [1.54, 1.807) is 0 Å². The summed E-state index contributed by atoms with van der Waals surface area (Å²) in [6.45, 7) is 2.50. The number of thiazole rings is 1. The molecular weight excluding hydrogens is 358 g/mol. The smallest absolute Gasteiger partial charge is 0.291 e. The fourth-order valence-electron chi connectivity index (χ4n) is 2.68. The van der Waals surface area contributed by atoms with E-state index in [-0.39, 0.29) is 5.56 Å². The van der Waals surface area contributed by atoms with E-state index in [4.69, 9.17) is 4.74 Å². The Morgan fingerprint density at radius 2 is 1.85 bits per heavy atom. The molecular formula is C21H17N3O2S. The molecule has 4 rings (SSSR count). The molecule has 134 valence electrons. The topological polar surface area (TPSA) is 56.5 Å². The van der Waals surface area contributed by atoms with Crippen LogP contribution in [0.4, 0.5) is 0 Å². The van der Waals surface area contributed by atoms with Crippen LogP contribution in [0, 0.1) is 0 Å². The molecule has 0 bridgehead atoms. The van der Waals surface area contributed by atoms with Gasteiger partial charge >= 0.3 is 0 Å². The first kappa shape index (κ1) is 17.2. The van der Waals surface area contributed by atoms with E-state index in [1.165, 1.54) is 15.9 Å². The lowest BCUT2D eigenvalue weighted by Crippen LogP contribution is -2.23. The van der Waals surface area contributed by atoms with Gasteiger partial charge in [0.25, 0.3) is 5.56 Å². The molecule has 2 aromatic carbocycles. The Hall–Kier alpha value is -3.25. The SMILES string of the molecule is CCOc1ccccc1/C=c1/sc2nc(/C=C/c3ccccc3)nn2c1=O. The molecule has 0 amide bonds. The monoisotopic (exact) mass is 375 g/mol. The molecule has 5 nitrogen and oxygen atoms in total. The first-order valence-corrected chi connectivity index (χ1v) is 9.42. The fraction of sp³-hybridized carbons (Fsp3) is 0.0952. The lowest BCUT2D eigenvalue weighted by Gasteiger charge is -2.05. The number of para-hydroxylation sites is 1. The van der Waals surface area contributed by atoms with E-state index < -0.39 is 0 Å². The zero-order chi connectivity index (χ0) is 18.6. The normalized spacial score (nSPS) is 12.3. The highest BCUT2D eigenvalue weighted by Gasteiger charge is 2.09. The van der Waals surface area contributed by atoms with Crippen molar-refractivity contribution in [3.05, 3.63) is 86.4 Å². The van der Waals surface area contributed by atoms with Crippen molar-refractivity contribution in [3.63, 3.8) is 0 Å². The summed E-state index contributed by atoms with van der Waals surface area (Å²) in [5.41, 5.74) is 1.75. The lowest BCUT2D eigenvalue weighted by molar-refractivity contribution is 0.339. The Labute approximate surface area is 159 Å². The predicted octanol–water partition coefficient (Wildman–Crippen LogP) is 3.27. The third-order valence-corrected chi connectivity index (χ3v) is 4.89. The van der Waals surface area contributed by atoms with Crippen molar-refractivity contribution >= 4 is 34.5 Å². The van der Waals surface area contributed by atoms with Crippen LogP contribution in [0.1, 0.15) is 23.9 Å². The van der Waals surface area contributed by atoms with E-state index in [0.29, 0.717) is 21.9 Å². The van der Waals surface area contributed by atoms with E-state index >= 15 is 0 Å². The zero-order valence-electron chi connectivity index (χ0n) is 14.7. The highest BCUT2D eigenvalue weighted by molar-refractivity contribution is 7.15. The van der Waals surface area contributed by atoms with Crippen molar-refractivity contribution in [1.82, 2.24) is 14.6 Å². The van der Waals surface area contributed by atoms with Gasteiger partial charge in [0.1, 0.15) is 5.75 Å². The van der Waals surface area contributed by atoms with Gasteiger partial charge in [-0.3, -0.25) is 4.79 Å². The molecule has 0 saturated heterocycles. The summed E-state index contributed by atoms with van der Waals surface area (Å²) in [6, 6.07) is 17.5. The predicted molar refractivity (Wildman–Crippen MR) is 109 cm³/mol. The van der Waals surface area contributed by atoms with Crippen LogP contribution in [-0.4, -0.2) is 21.2 Å². The van der Waals surface area contributed by atoms with Gasteiger partial charge in [-0.1, -0.05) is 65.9 Å². The molecule has 0 fully saturated rings. The first-order valence-electron chi connectivity index (χ1n) is 8.61. The summed E-state index contributed by atoms with van der Waals surface area (Å²) >= 11 is 1.32. The number of rotatable bonds is 5. The molecule has 0 N–H and O–H groups in total. The molecule has 0 atom stereocenters. The van der Waals surface area contributed by atoms with Crippen molar-refractivity contribution in [2.45, 2.75) is 6.92 Å². The molecule has 4 aromatic rings. The third-order valence-electron chi connectivity index (χ3n) is 3.93. The number of fused-ring (bicyclic) bond motifs is 1. The molecule has 2 aromatic heterocycles. The highest BCUT2D eigenvalue weighted by atomic mass is 32.1. The van der Waals surface area contributed by atoms with Crippen molar-refractivity contribution in [2.75, 3.05) is 6.61 Å². The molecule has 6 heteroatoms. The molecule has 0 unspecified atom stereocenters.